The molecule has 1 saturated heterocycles. The van der Waals surface area contributed by atoms with E-state index in [1.165, 1.54) is 31.9 Å². The van der Waals surface area contributed by atoms with Gasteiger partial charge >= 0.3 is 0 Å². The second-order valence-corrected chi connectivity index (χ2v) is 9.33. The summed E-state index contributed by atoms with van der Waals surface area (Å²) >= 11 is 1.76. The molecule has 0 aromatic carbocycles. The molecule has 2 rings (SSSR count). The molecule has 1 aliphatic carbocycles. The lowest BCUT2D eigenvalue weighted by Crippen LogP contribution is -2.49. The van der Waals surface area contributed by atoms with Crippen molar-refractivity contribution in [3.63, 3.8) is 0 Å². The third kappa shape index (κ3) is 4.34. The number of rotatable bonds is 4. The molecule has 0 spiro atoms. The summed E-state index contributed by atoms with van der Waals surface area (Å²) in [5.74, 6) is 3.15. The Bertz CT molecular complexity index is 378. The van der Waals surface area contributed by atoms with E-state index in [4.69, 9.17) is 5.73 Å². The predicted molar refractivity (Wildman–Crippen MR) is 82.0 cm³/mol. The van der Waals surface area contributed by atoms with E-state index < -0.39 is 9.84 Å². The highest BCUT2D eigenvalue weighted by Gasteiger charge is 2.33. The maximum Gasteiger partial charge on any atom is 0.164 e. The van der Waals surface area contributed by atoms with Gasteiger partial charge in [-0.3, -0.25) is 4.90 Å². The first-order valence-corrected chi connectivity index (χ1v) is 10.3. The van der Waals surface area contributed by atoms with Gasteiger partial charge in [0, 0.05) is 30.9 Å². The average Bonchev–Trinajstić information content (AvgIpc) is 2.39. The van der Waals surface area contributed by atoms with E-state index >= 15 is 0 Å². The smallest absolute Gasteiger partial charge is 0.164 e. The van der Waals surface area contributed by atoms with Crippen LogP contribution in [0.2, 0.25) is 0 Å². The Labute approximate surface area is 121 Å². The van der Waals surface area contributed by atoms with Crippen molar-refractivity contribution < 1.29 is 8.42 Å². The average molecular weight is 306 g/mol. The normalized spacial score (nSPS) is 34.3. The minimum absolute atomic E-state index is 0.265. The lowest BCUT2D eigenvalue weighted by molar-refractivity contribution is 0.179. The lowest BCUT2D eigenvalue weighted by Gasteiger charge is -2.38. The third-order valence-corrected chi connectivity index (χ3v) is 7.16. The Balaban J connectivity index is 1.90. The van der Waals surface area contributed by atoms with E-state index in [0.29, 0.717) is 11.8 Å². The minimum atomic E-state index is -2.96. The molecule has 1 saturated carbocycles. The number of hydrogen-bond acceptors (Lipinski definition) is 5. The molecule has 2 aliphatic rings. The molecule has 4 nitrogen and oxygen atoms in total. The van der Waals surface area contributed by atoms with Crippen molar-refractivity contribution in [2.45, 2.75) is 31.1 Å². The molecular formula is C13H26N2O2S2. The topological polar surface area (TPSA) is 63.4 Å². The summed E-state index contributed by atoms with van der Waals surface area (Å²) in [5.41, 5.74) is 5.72. The molecule has 6 heteroatoms. The van der Waals surface area contributed by atoms with Crippen molar-refractivity contribution >= 4 is 21.6 Å². The standard InChI is InChI=1S/C13H26N2O2S2/c1-19(16,17)13-10-18-7-6-15(13)9-12-4-2-11(8-14)3-5-12/h11-13H,2-10,14H2,1H3. The first kappa shape index (κ1) is 15.6. The van der Waals surface area contributed by atoms with E-state index in [-0.39, 0.29) is 5.37 Å². The molecule has 2 N–H and O–H groups in total. The summed E-state index contributed by atoms with van der Waals surface area (Å²) in [4.78, 5) is 2.21. The Hall–Kier alpha value is 0.220. The number of hydrogen-bond donors (Lipinski definition) is 1. The van der Waals surface area contributed by atoms with Gasteiger partial charge in [0.2, 0.25) is 0 Å². The van der Waals surface area contributed by atoms with Crippen molar-refractivity contribution in [2.24, 2.45) is 17.6 Å². The van der Waals surface area contributed by atoms with E-state index in [1.807, 2.05) is 0 Å². The van der Waals surface area contributed by atoms with Crippen LogP contribution in [0, 0.1) is 11.8 Å². The molecule has 1 heterocycles. The van der Waals surface area contributed by atoms with Gasteiger partial charge in [-0.1, -0.05) is 0 Å². The molecule has 19 heavy (non-hydrogen) atoms. The summed E-state index contributed by atoms with van der Waals surface area (Å²) in [5, 5.41) is -0.265. The second kappa shape index (κ2) is 6.78. The van der Waals surface area contributed by atoms with Gasteiger partial charge in [-0.05, 0) is 44.1 Å². The van der Waals surface area contributed by atoms with Gasteiger partial charge in [0.25, 0.3) is 0 Å². The maximum atomic E-state index is 11.9. The van der Waals surface area contributed by atoms with E-state index in [2.05, 4.69) is 4.90 Å². The van der Waals surface area contributed by atoms with Gasteiger partial charge in [0.15, 0.2) is 9.84 Å². The predicted octanol–water partition coefficient (Wildman–Crippen LogP) is 1.17. The van der Waals surface area contributed by atoms with E-state index in [1.54, 1.807) is 11.8 Å². The molecule has 1 atom stereocenters. The van der Waals surface area contributed by atoms with Gasteiger partial charge in [-0.15, -0.1) is 0 Å². The van der Waals surface area contributed by atoms with Crippen LogP contribution in [-0.2, 0) is 9.84 Å². The zero-order chi connectivity index (χ0) is 13.9. The van der Waals surface area contributed by atoms with Gasteiger partial charge in [0.1, 0.15) is 5.37 Å². The lowest BCUT2D eigenvalue weighted by atomic mass is 9.82. The Morgan fingerprint density at radius 3 is 2.42 bits per heavy atom. The SMILES string of the molecule is CS(=O)(=O)C1CSCCN1CC1CCC(CN)CC1. The summed E-state index contributed by atoms with van der Waals surface area (Å²) < 4.78 is 23.7. The summed E-state index contributed by atoms with van der Waals surface area (Å²) in [6.45, 7) is 2.67. The van der Waals surface area contributed by atoms with Crippen molar-refractivity contribution in [1.82, 2.24) is 4.90 Å². The highest BCUT2D eigenvalue weighted by atomic mass is 32.2. The minimum Gasteiger partial charge on any atom is -0.330 e. The van der Waals surface area contributed by atoms with Gasteiger partial charge in [0.05, 0.1) is 0 Å². The van der Waals surface area contributed by atoms with Gasteiger partial charge < -0.3 is 5.73 Å². The molecule has 1 aliphatic heterocycles. The Morgan fingerprint density at radius 2 is 1.84 bits per heavy atom. The van der Waals surface area contributed by atoms with Crippen molar-refractivity contribution in [1.29, 1.82) is 0 Å². The number of sulfone groups is 1. The zero-order valence-electron chi connectivity index (χ0n) is 11.8. The molecule has 2 fully saturated rings. The van der Waals surface area contributed by atoms with Crippen LogP contribution in [0.4, 0.5) is 0 Å². The van der Waals surface area contributed by atoms with Crippen LogP contribution in [0.15, 0.2) is 0 Å². The fourth-order valence-corrected chi connectivity index (χ4v) is 6.15. The maximum absolute atomic E-state index is 11.9. The first-order chi connectivity index (χ1) is 9.00. The Kier molecular flexibility index (Phi) is 5.57. The highest BCUT2D eigenvalue weighted by molar-refractivity contribution is 8.00. The number of thioether (sulfide) groups is 1. The third-order valence-electron chi connectivity index (χ3n) is 4.48. The van der Waals surface area contributed by atoms with Crippen molar-refractivity contribution in [3.05, 3.63) is 0 Å². The van der Waals surface area contributed by atoms with Crippen LogP contribution in [0.25, 0.3) is 0 Å². The number of nitrogens with two attached hydrogens (primary N) is 1. The highest BCUT2D eigenvalue weighted by Crippen LogP contribution is 2.30. The van der Waals surface area contributed by atoms with Crippen molar-refractivity contribution in [3.8, 4) is 0 Å². The van der Waals surface area contributed by atoms with Crippen LogP contribution in [0.3, 0.4) is 0 Å². The molecule has 0 bridgehead atoms. The van der Waals surface area contributed by atoms with E-state index in [0.717, 1.165) is 31.1 Å². The molecule has 0 amide bonds. The molecule has 0 radical (unpaired) electrons. The van der Waals surface area contributed by atoms with Crippen LogP contribution in [-0.4, -0.2) is 56.1 Å². The second-order valence-electron chi connectivity index (χ2n) is 5.98. The zero-order valence-corrected chi connectivity index (χ0v) is 13.4. The van der Waals surface area contributed by atoms with Crippen LogP contribution < -0.4 is 5.73 Å². The summed E-state index contributed by atoms with van der Waals surface area (Å²) in [7, 11) is -2.96. The molecule has 0 aromatic rings. The monoisotopic (exact) mass is 306 g/mol. The van der Waals surface area contributed by atoms with Gasteiger partial charge in [-0.25, -0.2) is 8.42 Å². The first-order valence-electron chi connectivity index (χ1n) is 7.21. The molecule has 0 aromatic heterocycles. The molecule has 112 valence electrons. The van der Waals surface area contributed by atoms with Crippen LogP contribution in [0.1, 0.15) is 25.7 Å². The van der Waals surface area contributed by atoms with Crippen molar-refractivity contribution in [2.75, 3.05) is 37.4 Å². The quantitative estimate of drug-likeness (QED) is 0.845. The summed E-state index contributed by atoms with van der Waals surface area (Å²) in [6, 6.07) is 0. The van der Waals surface area contributed by atoms with Crippen LogP contribution in [0.5, 0.6) is 0 Å². The fourth-order valence-electron chi connectivity index (χ4n) is 3.20. The van der Waals surface area contributed by atoms with E-state index in [9.17, 15) is 8.42 Å². The van der Waals surface area contributed by atoms with Crippen LogP contribution >= 0.6 is 11.8 Å². The molecule has 1 unspecified atom stereocenters. The Morgan fingerprint density at radius 1 is 1.21 bits per heavy atom. The number of nitrogens with zero attached hydrogens (tertiary/aromatic N) is 1. The largest absolute Gasteiger partial charge is 0.330 e. The summed E-state index contributed by atoms with van der Waals surface area (Å²) in [6.07, 6.45) is 6.23. The molecular weight excluding hydrogens is 280 g/mol. The van der Waals surface area contributed by atoms with Gasteiger partial charge in [-0.2, -0.15) is 11.8 Å². The fraction of sp³-hybridized carbons (Fsp3) is 1.00.